The standard InChI is InChI=1S/C30H22O2.2C6H7NO/c31-29(25-15-5-1-6-16-25,26-17-7-2-8-18-26)23-13-14-24-30(32,27-19-9-3-10-20-27)28-21-11-4-12-22-28;2*1-7-5-3-2-4-6(7)8/h1-12,15-22,31-32H;2*2-5H,1H3. The first-order valence-electron chi connectivity index (χ1n) is 15.2. The third-order valence-electron chi connectivity index (χ3n) is 7.33. The van der Waals surface area contributed by atoms with Gasteiger partial charge >= 0.3 is 0 Å². The molecule has 6 aromatic rings. The number of hydrogen-bond donors (Lipinski definition) is 2. The summed E-state index contributed by atoms with van der Waals surface area (Å²) >= 11 is 0. The van der Waals surface area contributed by atoms with Crippen LogP contribution in [0.15, 0.2) is 180 Å². The van der Waals surface area contributed by atoms with Crippen LogP contribution in [0.25, 0.3) is 0 Å². The number of pyridine rings is 2. The molecule has 0 radical (unpaired) electrons. The van der Waals surface area contributed by atoms with E-state index in [-0.39, 0.29) is 11.1 Å². The fourth-order valence-electron chi connectivity index (χ4n) is 4.60. The van der Waals surface area contributed by atoms with Gasteiger partial charge in [0.1, 0.15) is 0 Å². The average Bonchev–Trinajstić information content (AvgIpc) is 3.14. The number of benzene rings is 4. The van der Waals surface area contributed by atoms with Crippen molar-refractivity contribution in [1.82, 2.24) is 9.13 Å². The van der Waals surface area contributed by atoms with Gasteiger partial charge in [0.25, 0.3) is 0 Å². The Kier molecular flexibility index (Phi) is 12.2. The van der Waals surface area contributed by atoms with E-state index in [9.17, 15) is 19.8 Å². The van der Waals surface area contributed by atoms with E-state index in [1.165, 1.54) is 21.3 Å². The lowest BCUT2D eigenvalue weighted by molar-refractivity contribution is 0.144. The van der Waals surface area contributed by atoms with Crippen LogP contribution in [0.3, 0.4) is 0 Å². The number of aryl methyl sites for hydroxylation is 2. The highest BCUT2D eigenvalue weighted by molar-refractivity contribution is 5.50. The Morgan fingerprint density at radius 1 is 0.417 bits per heavy atom. The summed E-state index contributed by atoms with van der Waals surface area (Å²) in [6.07, 6.45) is 3.45. The van der Waals surface area contributed by atoms with Crippen molar-refractivity contribution in [3.8, 4) is 23.7 Å². The first-order chi connectivity index (χ1) is 23.2. The number of rotatable bonds is 4. The summed E-state index contributed by atoms with van der Waals surface area (Å²) in [5.74, 6) is 11.4. The summed E-state index contributed by atoms with van der Waals surface area (Å²) in [6, 6.07) is 47.3. The third-order valence-corrected chi connectivity index (χ3v) is 7.33. The van der Waals surface area contributed by atoms with Gasteiger partial charge in [0.2, 0.25) is 11.1 Å². The molecular weight excluding hydrogens is 596 g/mol. The number of aliphatic hydroxyl groups is 2. The van der Waals surface area contributed by atoms with E-state index in [4.69, 9.17) is 0 Å². The van der Waals surface area contributed by atoms with Gasteiger partial charge in [-0.05, 0) is 35.8 Å². The molecule has 6 nitrogen and oxygen atoms in total. The van der Waals surface area contributed by atoms with Gasteiger partial charge in [0, 0.05) is 60.9 Å². The number of hydrogen-bond acceptors (Lipinski definition) is 4. The van der Waals surface area contributed by atoms with Gasteiger partial charge in [-0.15, -0.1) is 0 Å². The minimum absolute atomic E-state index is 0.0347. The van der Waals surface area contributed by atoms with Crippen molar-refractivity contribution in [2.75, 3.05) is 0 Å². The Hall–Kier alpha value is -6.18. The maximum absolute atomic E-state index is 11.5. The molecule has 0 atom stereocenters. The minimum Gasteiger partial charge on any atom is -0.369 e. The lowest BCUT2D eigenvalue weighted by Gasteiger charge is -2.23. The summed E-state index contributed by atoms with van der Waals surface area (Å²) in [7, 11) is 3.45. The second-order valence-corrected chi connectivity index (χ2v) is 10.7. The summed E-state index contributed by atoms with van der Waals surface area (Å²) < 4.78 is 3.06. The summed E-state index contributed by atoms with van der Waals surface area (Å²) in [6.45, 7) is 0. The van der Waals surface area contributed by atoms with Crippen molar-refractivity contribution in [3.63, 3.8) is 0 Å². The maximum Gasteiger partial charge on any atom is 0.250 e. The van der Waals surface area contributed by atoms with E-state index >= 15 is 0 Å². The molecule has 2 heterocycles. The highest BCUT2D eigenvalue weighted by Crippen LogP contribution is 2.30. The van der Waals surface area contributed by atoms with Crippen molar-refractivity contribution in [1.29, 1.82) is 0 Å². The summed E-state index contributed by atoms with van der Waals surface area (Å²) in [4.78, 5) is 21.2. The number of nitrogens with zero attached hydrogens (tertiary/aromatic N) is 2. The monoisotopic (exact) mass is 632 g/mol. The van der Waals surface area contributed by atoms with Crippen molar-refractivity contribution in [2.45, 2.75) is 11.2 Å². The Balaban J connectivity index is 0.000000264. The molecule has 0 aliphatic heterocycles. The average molecular weight is 633 g/mol. The van der Waals surface area contributed by atoms with E-state index in [2.05, 4.69) is 23.7 Å². The zero-order valence-corrected chi connectivity index (χ0v) is 26.8. The molecule has 0 saturated carbocycles. The molecule has 6 heteroatoms. The summed E-state index contributed by atoms with van der Waals surface area (Å²) in [5.41, 5.74) is -0.351. The third kappa shape index (κ3) is 9.19. The molecule has 0 unspecified atom stereocenters. The Morgan fingerprint density at radius 3 is 0.875 bits per heavy atom. The Labute approximate surface area is 280 Å². The Morgan fingerprint density at radius 2 is 0.667 bits per heavy atom. The van der Waals surface area contributed by atoms with E-state index in [0.717, 1.165) is 0 Å². The molecule has 6 rings (SSSR count). The summed E-state index contributed by atoms with van der Waals surface area (Å²) in [5, 5.41) is 23.0. The zero-order chi connectivity index (χ0) is 34.2. The van der Waals surface area contributed by atoms with Gasteiger partial charge in [0.15, 0.2) is 11.2 Å². The molecule has 0 saturated heterocycles. The molecule has 0 amide bonds. The van der Waals surface area contributed by atoms with Crippen LogP contribution in [-0.4, -0.2) is 19.3 Å². The van der Waals surface area contributed by atoms with Crippen molar-refractivity contribution in [2.24, 2.45) is 14.1 Å². The molecule has 0 aliphatic carbocycles. The van der Waals surface area contributed by atoms with E-state index in [1.54, 1.807) is 38.6 Å². The van der Waals surface area contributed by atoms with Gasteiger partial charge < -0.3 is 19.3 Å². The van der Waals surface area contributed by atoms with E-state index < -0.39 is 11.2 Å². The Bertz CT molecular complexity index is 1880. The van der Waals surface area contributed by atoms with Crippen LogP contribution in [0.5, 0.6) is 0 Å². The number of aromatic nitrogens is 2. The minimum atomic E-state index is -1.52. The van der Waals surface area contributed by atoms with Crippen molar-refractivity contribution < 1.29 is 10.2 Å². The van der Waals surface area contributed by atoms with E-state index in [1.807, 2.05) is 133 Å². The van der Waals surface area contributed by atoms with E-state index in [0.29, 0.717) is 22.3 Å². The van der Waals surface area contributed by atoms with Crippen LogP contribution >= 0.6 is 0 Å². The highest BCUT2D eigenvalue weighted by atomic mass is 16.3. The first kappa shape index (κ1) is 34.7. The quantitative estimate of drug-likeness (QED) is 0.247. The fourth-order valence-corrected chi connectivity index (χ4v) is 4.60. The molecule has 2 N–H and O–H groups in total. The first-order valence-corrected chi connectivity index (χ1v) is 15.2. The lowest BCUT2D eigenvalue weighted by atomic mass is 9.86. The topological polar surface area (TPSA) is 84.5 Å². The lowest BCUT2D eigenvalue weighted by Crippen LogP contribution is -2.25. The van der Waals surface area contributed by atoms with Crippen LogP contribution in [0.2, 0.25) is 0 Å². The van der Waals surface area contributed by atoms with Gasteiger partial charge in [-0.25, -0.2) is 0 Å². The molecule has 0 bridgehead atoms. The van der Waals surface area contributed by atoms with Crippen molar-refractivity contribution in [3.05, 3.63) is 213 Å². The highest BCUT2D eigenvalue weighted by Gasteiger charge is 2.30. The molecule has 0 aliphatic rings. The van der Waals surface area contributed by atoms with Crippen LogP contribution in [0.1, 0.15) is 22.3 Å². The second-order valence-electron chi connectivity index (χ2n) is 10.7. The van der Waals surface area contributed by atoms with Gasteiger partial charge in [-0.2, -0.15) is 0 Å². The zero-order valence-electron chi connectivity index (χ0n) is 26.8. The molecule has 2 aromatic heterocycles. The molecule has 0 fully saturated rings. The molecule has 238 valence electrons. The predicted molar refractivity (Wildman–Crippen MR) is 191 cm³/mol. The molecule has 4 aromatic carbocycles. The van der Waals surface area contributed by atoms with Crippen molar-refractivity contribution >= 4 is 0 Å². The molecular formula is C42H36N2O4. The van der Waals surface area contributed by atoms with Crippen LogP contribution < -0.4 is 11.1 Å². The molecule has 0 spiro atoms. The fraction of sp³-hybridized carbons (Fsp3) is 0.0952. The van der Waals surface area contributed by atoms with Crippen LogP contribution in [0, 0.1) is 23.7 Å². The van der Waals surface area contributed by atoms with Gasteiger partial charge in [0.05, 0.1) is 0 Å². The van der Waals surface area contributed by atoms with Crippen LogP contribution in [0.4, 0.5) is 0 Å². The SMILES string of the molecule is Cn1ccccc1=O.Cn1ccccc1=O.OC(C#CC#CC(O)(c1ccccc1)c1ccccc1)(c1ccccc1)c1ccccc1. The van der Waals surface area contributed by atoms with Gasteiger partial charge in [-0.3, -0.25) is 9.59 Å². The second kappa shape index (κ2) is 16.9. The normalized spacial score (nSPS) is 10.3. The molecule has 48 heavy (non-hydrogen) atoms. The smallest absolute Gasteiger partial charge is 0.250 e. The van der Waals surface area contributed by atoms with Gasteiger partial charge in [-0.1, -0.05) is 133 Å². The largest absolute Gasteiger partial charge is 0.369 e. The predicted octanol–water partition coefficient (Wildman–Crippen LogP) is 5.64. The maximum atomic E-state index is 11.5. The van der Waals surface area contributed by atoms with Crippen LogP contribution in [-0.2, 0) is 25.3 Å².